The number of thiazole rings is 1. The van der Waals surface area contributed by atoms with Crippen LogP contribution in [0.3, 0.4) is 0 Å². The van der Waals surface area contributed by atoms with Crippen LogP contribution >= 0.6 is 22.9 Å². The largest absolute Gasteiger partial charge is 0.360 e. The number of anilines is 1. The molecule has 0 radical (unpaired) electrons. The van der Waals surface area contributed by atoms with Gasteiger partial charge in [0.15, 0.2) is 0 Å². The average Bonchev–Trinajstić information content (AvgIpc) is 2.88. The van der Waals surface area contributed by atoms with Crippen molar-refractivity contribution in [2.24, 2.45) is 0 Å². The Morgan fingerprint density at radius 1 is 1.53 bits per heavy atom. The van der Waals surface area contributed by atoms with Gasteiger partial charge >= 0.3 is 0 Å². The fourth-order valence-corrected chi connectivity index (χ4v) is 2.97. The van der Waals surface area contributed by atoms with Gasteiger partial charge in [0.1, 0.15) is 5.82 Å². The highest BCUT2D eigenvalue weighted by Gasteiger charge is 2.27. The topological polar surface area (TPSA) is 50.7 Å². The fourth-order valence-electron chi connectivity index (χ4n) is 1.62. The minimum absolute atomic E-state index is 0.420. The van der Waals surface area contributed by atoms with Crippen molar-refractivity contribution < 1.29 is 0 Å². The summed E-state index contributed by atoms with van der Waals surface area (Å²) in [6.07, 6.45) is 4.37. The van der Waals surface area contributed by atoms with E-state index < -0.39 is 0 Å². The summed E-state index contributed by atoms with van der Waals surface area (Å²) in [5.74, 6) is 2.08. The van der Waals surface area contributed by atoms with E-state index >= 15 is 0 Å². The van der Waals surface area contributed by atoms with E-state index in [1.165, 1.54) is 29.4 Å². The maximum atomic E-state index is 4.50. The number of rotatable bonds is 5. The molecule has 2 aromatic rings. The summed E-state index contributed by atoms with van der Waals surface area (Å²) in [4.78, 5) is 8.82. The molecule has 1 N–H and O–H groups in total. The number of nitrogens with one attached hydrogen (secondary N) is 1. The predicted octanol–water partition coefficient (Wildman–Crippen LogP) is 3.09. The van der Waals surface area contributed by atoms with Gasteiger partial charge in [0, 0.05) is 41.5 Å². The molecule has 1 aliphatic carbocycles. The van der Waals surface area contributed by atoms with E-state index in [0.717, 1.165) is 17.5 Å². The zero-order valence-electron chi connectivity index (χ0n) is 9.59. The van der Waals surface area contributed by atoms with Gasteiger partial charge in [-0.1, -0.05) is 6.92 Å². The second kappa shape index (κ2) is 4.70. The fraction of sp³-hybridized carbons (Fsp3) is 0.545. The van der Waals surface area contributed by atoms with E-state index in [2.05, 4.69) is 26.6 Å². The van der Waals surface area contributed by atoms with Crippen LogP contribution in [-0.4, -0.2) is 20.9 Å². The Morgan fingerprint density at radius 2 is 2.41 bits per heavy atom. The lowest BCUT2D eigenvalue weighted by Crippen LogP contribution is -2.09. The number of hydrogen-bond donors (Lipinski definition) is 1. The lowest BCUT2D eigenvalue weighted by molar-refractivity contribution is 0.793. The third-order valence-corrected chi connectivity index (χ3v) is 4.51. The first-order chi connectivity index (χ1) is 8.33. The Hall–Kier alpha value is -1.01. The Balaban J connectivity index is 1.56. The molecule has 1 unspecified atom stereocenters. The molecule has 0 bridgehead atoms. The van der Waals surface area contributed by atoms with Crippen molar-refractivity contribution in [2.75, 3.05) is 11.9 Å². The number of hydrogen-bond acceptors (Lipinski definition) is 6. The Morgan fingerprint density at radius 3 is 3.12 bits per heavy atom. The molecule has 90 valence electrons. The van der Waals surface area contributed by atoms with E-state index in [-0.39, 0.29) is 0 Å². The highest BCUT2D eigenvalue weighted by molar-refractivity contribution is 7.10. The molecule has 0 amide bonds. The molecule has 17 heavy (non-hydrogen) atoms. The summed E-state index contributed by atoms with van der Waals surface area (Å²) < 4.78 is 4.37. The molecule has 0 spiro atoms. The molecule has 1 aliphatic rings. The van der Waals surface area contributed by atoms with Gasteiger partial charge in [-0.3, -0.25) is 0 Å². The van der Waals surface area contributed by atoms with Crippen molar-refractivity contribution in [3.63, 3.8) is 0 Å². The molecule has 2 heterocycles. The van der Waals surface area contributed by atoms with Gasteiger partial charge in [0.2, 0.25) is 5.13 Å². The summed E-state index contributed by atoms with van der Waals surface area (Å²) in [6, 6.07) is 0. The van der Waals surface area contributed by atoms with Crippen LogP contribution in [0.2, 0.25) is 0 Å². The van der Waals surface area contributed by atoms with Gasteiger partial charge in [-0.15, -0.1) is 11.3 Å². The van der Waals surface area contributed by atoms with E-state index in [1.807, 2.05) is 11.6 Å². The van der Waals surface area contributed by atoms with E-state index in [4.69, 9.17) is 0 Å². The van der Waals surface area contributed by atoms with E-state index in [1.54, 1.807) is 11.3 Å². The maximum absolute atomic E-state index is 4.50. The summed E-state index contributed by atoms with van der Waals surface area (Å²) in [6.45, 7) is 3.04. The summed E-state index contributed by atoms with van der Waals surface area (Å²) in [5.41, 5.74) is 0. The smallest absolute Gasteiger partial charge is 0.202 e. The van der Waals surface area contributed by atoms with Crippen molar-refractivity contribution in [3.8, 4) is 0 Å². The molecular formula is C11H14N4S2. The molecule has 1 saturated carbocycles. The zero-order chi connectivity index (χ0) is 11.7. The predicted molar refractivity (Wildman–Crippen MR) is 70.9 cm³/mol. The van der Waals surface area contributed by atoms with Gasteiger partial charge in [0.05, 0.1) is 5.01 Å². The molecule has 0 saturated heterocycles. The summed E-state index contributed by atoms with van der Waals surface area (Å²) in [7, 11) is 0. The van der Waals surface area contributed by atoms with Crippen LogP contribution in [0.15, 0.2) is 11.6 Å². The average molecular weight is 266 g/mol. The molecule has 0 aliphatic heterocycles. The normalized spacial score (nSPS) is 17.0. The first-order valence-electron chi connectivity index (χ1n) is 5.80. The van der Waals surface area contributed by atoms with Crippen LogP contribution in [0.1, 0.15) is 42.4 Å². The Kier molecular flexibility index (Phi) is 3.07. The lowest BCUT2D eigenvalue weighted by atomic mass is 10.2. The van der Waals surface area contributed by atoms with Crippen molar-refractivity contribution in [2.45, 2.75) is 31.6 Å². The van der Waals surface area contributed by atoms with Crippen LogP contribution in [0.4, 0.5) is 5.13 Å². The number of aromatic nitrogens is 3. The van der Waals surface area contributed by atoms with Crippen LogP contribution < -0.4 is 5.32 Å². The van der Waals surface area contributed by atoms with Gasteiger partial charge in [-0.25, -0.2) is 9.97 Å². The molecular weight excluding hydrogens is 252 g/mol. The van der Waals surface area contributed by atoms with Gasteiger partial charge in [-0.05, 0) is 12.8 Å². The maximum Gasteiger partial charge on any atom is 0.202 e. The molecule has 1 fully saturated rings. The Labute approximate surface area is 108 Å². The summed E-state index contributed by atoms with van der Waals surface area (Å²) >= 11 is 3.17. The van der Waals surface area contributed by atoms with Crippen molar-refractivity contribution >= 4 is 28.0 Å². The molecule has 0 aromatic carbocycles. The van der Waals surface area contributed by atoms with E-state index in [9.17, 15) is 0 Å². The third kappa shape index (κ3) is 2.63. The monoisotopic (exact) mass is 266 g/mol. The van der Waals surface area contributed by atoms with Crippen molar-refractivity contribution in [1.29, 1.82) is 0 Å². The van der Waals surface area contributed by atoms with Crippen molar-refractivity contribution in [3.05, 3.63) is 22.4 Å². The van der Waals surface area contributed by atoms with Crippen molar-refractivity contribution in [1.82, 2.24) is 14.3 Å². The summed E-state index contributed by atoms with van der Waals surface area (Å²) in [5, 5.41) is 7.47. The standard InChI is InChI=1S/C11H14N4S2/c1-7(10-12-4-5-16-10)6-13-11-14-9(15-17-11)8-2-3-8/h4-5,7-8H,2-3,6H2,1H3,(H,13,14,15). The first-order valence-corrected chi connectivity index (χ1v) is 7.45. The van der Waals surface area contributed by atoms with Crippen LogP contribution in [0.5, 0.6) is 0 Å². The highest BCUT2D eigenvalue weighted by atomic mass is 32.1. The van der Waals surface area contributed by atoms with Gasteiger partial charge in [-0.2, -0.15) is 4.37 Å². The minimum Gasteiger partial charge on any atom is -0.360 e. The third-order valence-electron chi connectivity index (χ3n) is 2.82. The molecule has 4 nitrogen and oxygen atoms in total. The molecule has 2 aromatic heterocycles. The molecule has 6 heteroatoms. The lowest BCUT2D eigenvalue weighted by Gasteiger charge is -2.07. The number of nitrogens with zero attached hydrogens (tertiary/aromatic N) is 3. The molecule has 3 rings (SSSR count). The second-order valence-electron chi connectivity index (χ2n) is 4.38. The Bertz CT molecular complexity index is 475. The zero-order valence-corrected chi connectivity index (χ0v) is 11.2. The van der Waals surface area contributed by atoms with Gasteiger partial charge in [0.25, 0.3) is 0 Å². The first kappa shape index (κ1) is 11.1. The minimum atomic E-state index is 0.420. The highest BCUT2D eigenvalue weighted by Crippen LogP contribution is 2.39. The quantitative estimate of drug-likeness (QED) is 0.903. The van der Waals surface area contributed by atoms with Crippen LogP contribution in [0.25, 0.3) is 0 Å². The van der Waals surface area contributed by atoms with Crippen LogP contribution in [-0.2, 0) is 0 Å². The second-order valence-corrected chi connectivity index (χ2v) is 6.06. The van der Waals surface area contributed by atoms with Crippen LogP contribution in [0, 0.1) is 0 Å². The molecule has 1 atom stereocenters. The SMILES string of the molecule is CC(CNc1nc(C2CC2)ns1)c1nccs1. The van der Waals surface area contributed by atoms with E-state index in [0.29, 0.717) is 11.8 Å². The van der Waals surface area contributed by atoms with Gasteiger partial charge < -0.3 is 5.32 Å².